The molecule has 0 radical (unpaired) electrons. The molecule has 0 aliphatic carbocycles. The molecular weight excluding hydrogens is 474 g/mol. The molecule has 0 bridgehead atoms. The monoisotopic (exact) mass is 503 g/mol. The van der Waals surface area contributed by atoms with Gasteiger partial charge in [-0.25, -0.2) is 10.9 Å². The van der Waals surface area contributed by atoms with E-state index in [1.807, 2.05) is 54.6 Å². The molecule has 3 aromatic carbocycles. The number of halogens is 1. The first-order chi connectivity index (χ1) is 17.5. The molecule has 0 spiro atoms. The van der Waals surface area contributed by atoms with E-state index in [1.165, 1.54) is 5.56 Å². The van der Waals surface area contributed by atoms with Crippen molar-refractivity contribution in [1.29, 1.82) is 0 Å². The van der Waals surface area contributed by atoms with Crippen molar-refractivity contribution in [2.75, 3.05) is 18.6 Å². The summed E-state index contributed by atoms with van der Waals surface area (Å²) in [6, 6.07) is 23.5. The van der Waals surface area contributed by atoms with Gasteiger partial charge in [0.25, 0.3) is 0 Å². The molecule has 3 atom stereocenters. The number of ether oxygens (including phenoxy) is 1. The molecule has 0 saturated carbocycles. The number of carbonyl (C=O) groups excluding carboxylic acids is 1. The summed E-state index contributed by atoms with van der Waals surface area (Å²) >= 11 is 6.18. The number of nitrogens with one attached hydrogen (secondary N) is 3. The summed E-state index contributed by atoms with van der Waals surface area (Å²) < 4.78 is 5.54. The van der Waals surface area contributed by atoms with Crippen molar-refractivity contribution in [3.63, 3.8) is 0 Å². The highest BCUT2D eigenvalue weighted by Gasteiger charge is 2.40. The highest BCUT2D eigenvalue weighted by atomic mass is 35.5. The molecule has 5 rings (SSSR count). The van der Waals surface area contributed by atoms with Gasteiger partial charge in [-0.1, -0.05) is 54.1 Å². The van der Waals surface area contributed by atoms with E-state index in [0.29, 0.717) is 11.6 Å². The van der Waals surface area contributed by atoms with E-state index in [-0.39, 0.29) is 30.7 Å². The van der Waals surface area contributed by atoms with Crippen molar-refractivity contribution in [1.82, 2.24) is 16.2 Å². The lowest BCUT2D eigenvalue weighted by molar-refractivity contribution is -0.121. The van der Waals surface area contributed by atoms with E-state index < -0.39 is 0 Å². The number of nitrogens with zero attached hydrogens (tertiary/aromatic N) is 2. The predicted octanol–water partition coefficient (Wildman–Crippen LogP) is 3.90. The first-order valence-corrected chi connectivity index (χ1v) is 12.5. The van der Waals surface area contributed by atoms with Crippen LogP contribution in [0.15, 0.2) is 77.8 Å². The number of rotatable bonds is 7. The largest absolute Gasteiger partial charge is 0.497 e. The Labute approximate surface area is 216 Å². The molecule has 1 amide bonds. The second kappa shape index (κ2) is 10.7. The maximum absolute atomic E-state index is 13.1. The van der Waals surface area contributed by atoms with Gasteiger partial charge in [0.2, 0.25) is 5.91 Å². The molecule has 186 valence electrons. The summed E-state index contributed by atoms with van der Waals surface area (Å²) in [7, 11) is 1.66. The number of benzene rings is 3. The lowest BCUT2D eigenvalue weighted by Gasteiger charge is -2.31. The van der Waals surface area contributed by atoms with Crippen molar-refractivity contribution < 1.29 is 9.53 Å². The average Bonchev–Trinajstić information content (AvgIpc) is 3.22. The van der Waals surface area contributed by atoms with E-state index >= 15 is 0 Å². The minimum atomic E-state index is -0.330. The van der Waals surface area contributed by atoms with Crippen LogP contribution in [-0.2, 0) is 11.2 Å². The number of hydrazine groups is 1. The van der Waals surface area contributed by atoms with Gasteiger partial charge in [-0.3, -0.25) is 9.79 Å². The smallest absolute Gasteiger partial charge is 0.222 e. The van der Waals surface area contributed by atoms with Gasteiger partial charge in [0.1, 0.15) is 11.9 Å². The van der Waals surface area contributed by atoms with E-state index in [2.05, 4.69) is 46.2 Å². The van der Waals surface area contributed by atoms with Crippen LogP contribution in [0.2, 0.25) is 5.02 Å². The van der Waals surface area contributed by atoms with Crippen LogP contribution in [0.4, 0.5) is 5.69 Å². The number of aliphatic imine (C=N–C) groups is 1. The fourth-order valence-corrected chi connectivity index (χ4v) is 4.96. The van der Waals surface area contributed by atoms with Gasteiger partial charge in [0.15, 0.2) is 0 Å². The Kier molecular flexibility index (Phi) is 7.23. The maximum atomic E-state index is 13.1. The highest BCUT2D eigenvalue weighted by molar-refractivity contribution is 6.30. The maximum Gasteiger partial charge on any atom is 0.222 e. The van der Waals surface area contributed by atoms with Crippen LogP contribution in [0.3, 0.4) is 0 Å². The predicted molar refractivity (Wildman–Crippen MR) is 144 cm³/mol. The number of methoxy groups -OCH3 is 1. The van der Waals surface area contributed by atoms with Crippen LogP contribution in [0.1, 0.15) is 30.0 Å². The fourth-order valence-electron chi connectivity index (χ4n) is 4.84. The van der Waals surface area contributed by atoms with Gasteiger partial charge >= 0.3 is 0 Å². The van der Waals surface area contributed by atoms with Gasteiger partial charge < -0.3 is 15.0 Å². The van der Waals surface area contributed by atoms with Gasteiger partial charge in [-0.05, 0) is 49.2 Å². The topological polar surface area (TPSA) is 78.0 Å². The lowest BCUT2D eigenvalue weighted by atomic mass is 9.99. The van der Waals surface area contributed by atoms with Gasteiger partial charge in [-0.15, -0.1) is 0 Å². The Morgan fingerprint density at radius 1 is 1.08 bits per heavy atom. The molecule has 3 aromatic rings. The third-order valence-corrected chi connectivity index (χ3v) is 6.90. The van der Waals surface area contributed by atoms with Crippen LogP contribution >= 0.6 is 11.6 Å². The summed E-state index contributed by atoms with van der Waals surface area (Å²) in [6.45, 7) is 2.67. The number of carbonyl (C=O) groups is 1. The minimum absolute atomic E-state index is 0.00514. The summed E-state index contributed by atoms with van der Waals surface area (Å²) in [5, 5.41) is 3.74. The van der Waals surface area contributed by atoms with Crippen LogP contribution in [0.25, 0.3) is 0 Å². The van der Waals surface area contributed by atoms with Crippen molar-refractivity contribution in [2.24, 2.45) is 4.99 Å². The molecule has 3 unspecified atom stereocenters. The van der Waals surface area contributed by atoms with Gasteiger partial charge in [0.05, 0.1) is 31.4 Å². The Balaban J connectivity index is 1.47. The summed E-state index contributed by atoms with van der Waals surface area (Å²) in [5.41, 5.74) is 11.6. The molecule has 36 heavy (non-hydrogen) atoms. The number of fused-ring (bicyclic) bond motifs is 3. The van der Waals surface area contributed by atoms with E-state index in [4.69, 9.17) is 21.3 Å². The van der Waals surface area contributed by atoms with Crippen LogP contribution < -0.4 is 25.8 Å². The second-order valence-electron chi connectivity index (χ2n) is 9.04. The number of hydrogen-bond donors (Lipinski definition) is 3. The highest BCUT2D eigenvalue weighted by Crippen LogP contribution is 2.36. The van der Waals surface area contributed by atoms with Crippen LogP contribution in [0.5, 0.6) is 5.75 Å². The van der Waals surface area contributed by atoms with E-state index in [0.717, 1.165) is 34.7 Å². The normalized spacial score (nSPS) is 20.7. The van der Waals surface area contributed by atoms with Crippen LogP contribution in [-0.4, -0.2) is 43.6 Å². The summed E-state index contributed by atoms with van der Waals surface area (Å²) in [5.74, 6) is 0.719. The number of anilines is 1. The Hall–Kier alpha value is -3.39. The molecule has 7 nitrogen and oxygen atoms in total. The fraction of sp³-hybridized carbons (Fsp3) is 0.286. The van der Waals surface area contributed by atoms with Crippen molar-refractivity contribution in [3.8, 4) is 5.75 Å². The molecule has 1 saturated heterocycles. The Bertz CT molecular complexity index is 1250. The minimum Gasteiger partial charge on any atom is -0.497 e. The quantitative estimate of drug-likeness (QED) is 0.456. The average molecular weight is 504 g/mol. The van der Waals surface area contributed by atoms with Gasteiger partial charge in [0, 0.05) is 28.4 Å². The van der Waals surface area contributed by atoms with Crippen molar-refractivity contribution in [3.05, 3.63) is 94.5 Å². The molecule has 1 fully saturated rings. The van der Waals surface area contributed by atoms with Crippen LogP contribution in [0, 0.1) is 0 Å². The standard InChI is InChI=1S/C28H30ClN5O2/c1-18-32-33-28-24(17-26(35)30-15-14-19-6-4-3-5-7-19)31-27(20-8-10-21(29)11-9-20)23-16-22(36-2)12-13-25(23)34(18)28/h3-13,16,18,24,28,32-33H,14-15,17H2,1-2H3,(H,30,35). The molecule has 3 N–H and O–H groups in total. The third kappa shape index (κ3) is 5.09. The molecule has 0 aromatic heterocycles. The zero-order valence-electron chi connectivity index (χ0n) is 20.4. The van der Waals surface area contributed by atoms with E-state index in [1.54, 1.807) is 7.11 Å². The Morgan fingerprint density at radius 2 is 1.86 bits per heavy atom. The SMILES string of the molecule is COc1ccc2c(c1)C(c1ccc(Cl)cc1)=NC(CC(=O)NCCc1ccccc1)C1NNC(C)N21. The van der Waals surface area contributed by atoms with Crippen molar-refractivity contribution >= 4 is 28.9 Å². The zero-order chi connectivity index (χ0) is 25.1. The second-order valence-corrected chi connectivity index (χ2v) is 9.48. The number of hydrogen-bond acceptors (Lipinski definition) is 6. The zero-order valence-corrected chi connectivity index (χ0v) is 21.1. The molecule has 2 heterocycles. The summed E-state index contributed by atoms with van der Waals surface area (Å²) in [6.07, 6.45) is 0.843. The first kappa shape index (κ1) is 24.3. The molecular formula is C28H30ClN5O2. The first-order valence-electron chi connectivity index (χ1n) is 12.2. The lowest BCUT2D eigenvalue weighted by Crippen LogP contribution is -2.47. The van der Waals surface area contributed by atoms with Crippen molar-refractivity contribution in [2.45, 2.75) is 38.1 Å². The van der Waals surface area contributed by atoms with Gasteiger partial charge in [-0.2, -0.15) is 0 Å². The third-order valence-electron chi connectivity index (χ3n) is 6.64. The molecule has 2 aliphatic heterocycles. The molecule has 8 heteroatoms. The van der Waals surface area contributed by atoms with E-state index in [9.17, 15) is 4.79 Å². The number of amides is 1. The Morgan fingerprint density at radius 3 is 2.61 bits per heavy atom. The molecule has 2 aliphatic rings. The summed E-state index contributed by atoms with van der Waals surface area (Å²) in [4.78, 5) is 20.5.